The van der Waals surface area contributed by atoms with E-state index >= 15 is 0 Å². The van der Waals surface area contributed by atoms with Crippen LogP contribution in [0.2, 0.25) is 0 Å². The first kappa shape index (κ1) is 9.95. The SMILES string of the molecule is CC(C)(CCCBr)OC=O. The molecular formula is C7H13BrO2. The van der Waals surface area contributed by atoms with Crippen LogP contribution in [-0.4, -0.2) is 17.4 Å². The minimum absolute atomic E-state index is 0.296. The number of carbonyl (C=O) groups excluding carboxylic acids is 1. The summed E-state index contributed by atoms with van der Waals surface area (Å²) in [6.07, 6.45) is 1.93. The van der Waals surface area contributed by atoms with E-state index in [2.05, 4.69) is 15.9 Å². The van der Waals surface area contributed by atoms with E-state index in [4.69, 9.17) is 4.74 Å². The molecular weight excluding hydrogens is 196 g/mol. The van der Waals surface area contributed by atoms with Crippen LogP contribution < -0.4 is 0 Å². The minimum Gasteiger partial charge on any atom is -0.462 e. The topological polar surface area (TPSA) is 26.3 Å². The average Bonchev–Trinajstić information content (AvgIpc) is 1.84. The molecule has 2 nitrogen and oxygen atoms in total. The highest BCUT2D eigenvalue weighted by Crippen LogP contribution is 2.15. The van der Waals surface area contributed by atoms with Gasteiger partial charge in [-0.2, -0.15) is 0 Å². The van der Waals surface area contributed by atoms with Crippen molar-refractivity contribution in [1.82, 2.24) is 0 Å². The smallest absolute Gasteiger partial charge is 0.293 e. The van der Waals surface area contributed by atoms with Gasteiger partial charge in [-0.25, -0.2) is 0 Å². The molecule has 0 bridgehead atoms. The van der Waals surface area contributed by atoms with Crippen LogP contribution in [0.4, 0.5) is 0 Å². The Balaban J connectivity index is 3.51. The molecule has 0 saturated heterocycles. The van der Waals surface area contributed by atoms with Crippen LogP contribution >= 0.6 is 15.9 Å². The Bertz CT molecular complexity index is 102. The van der Waals surface area contributed by atoms with E-state index in [0.29, 0.717) is 6.47 Å². The maximum absolute atomic E-state index is 9.95. The summed E-state index contributed by atoms with van der Waals surface area (Å²) in [5.41, 5.74) is -0.296. The lowest BCUT2D eigenvalue weighted by atomic mass is 10.0. The lowest BCUT2D eigenvalue weighted by molar-refractivity contribution is -0.140. The van der Waals surface area contributed by atoms with E-state index in [9.17, 15) is 4.79 Å². The third kappa shape index (κ3) is 4.79. The lowest BCUT2D eigenvalue weighted by Gasteiger charge is -2.21. The van der Waals surface area contributed by atoms with Crippen molar-refractivity contribution >= 4 is 22.4 Å². The Morgan fingerprint density at radius 2 is 2.20 bits per heavy atom. The molecule has 0 unspecified atom stereocenters. The molecule has 0 N–H and O–H groups in total. The zero-order valence-electron chi connectivity index (χ0n) is 6.39. The summed E-state index contributed by atoms with van der Waals surface area (Å²) in [7, 11) is 0. The van der Waals surface area contributed by atoms with Crippen molar-refractivity contribution in [2.45, 2.75) is 32.3 Å². The molecule has 3 heteroatoms. The van der Waals surface area contributed by atoms with Gasteiger partial charge in [-0.15, -0.1) is 0 Å². The fraction of sp³-hybridized carbons (Fsp3) is 0.857. The Labute approximate surface area is 70.1 Å². The summed E-state index contributed by atoms with van der Waals surface area (Å²) < 4.78 is 4.83. The second kappa shape index (κ2) is 4.72. The predicted octanol–water partition coefficient (Wildman–Crippen LogP) is 2.11. The van der Waals surface area contributed by atoms with Crippen LogP contribution in [0.15, 0.2) is 0 Å². The Morgan fingerprint density at radius 3 is 2.60 bits per heavy atom. The zero-order chi connectivity index (χ0) is 8.04. The lowest BCUT2D eigenvalue weighted by Crippen LogP contribution is -2.23. The monoisotopic (exact) mass is 208 g/mol. The van der Waals surface area contributed by atoms with Gasteiger partial charge in [-0.1, -0.05) is 15.9 Å². The van der Waals surface area contributed by atoms with Crippen molar-refractivity contribution in [2.24, 2.45) is 0 Å². The maximum atomic E-state index is 9.95. The number of ether oxygens (including phenoxy) is 1. The highest BCUT2D eigenvalue weighted by molar-refractivity contribution is 9.09. The van der Waals surface area contributed by atoms with Crippen LogP contribution in [0.3, 0.4) is 0 Å². The van der Waals surface area contributed by atoms with Crippen LogP contribution in [0.1, 0.15) is 26.7 Å². The maximum Gasteiger partial charge on any atom is 0.293 e. The van der Waals surface area contributed by atoms with Crippen molar-refractivity contribution in [2.75, 3.05) is 5.33 Å². The van der Waals surface area contributed by atoms with E-state index < -0.39 is 0 Å². The fourth-order valence-corrected chi connectivity index (χ4v) is 0.962. The Kier molecular flexibility index (Phi) is 4.69. The van der Waals surface area contributed by atoms with Crippen LogP contribution in [0.5, 0.6) is 0 Å². The van der Waals surface area contributed by atoms with Gasteiger partial charge in [0.25, 0.3) is 6.47 Å². The number of alkyl halides is 1. The fourth-order valence-electron chi connectivity index (χ4n) is 0.682. The van der Waals surface area contributed by atoms with Gasteiger partial charge >= 0.3 is 0 Å². The molecule has 0 atom stereocenters. The summed E-state index contributed by atoms with van der Waals surface area (Å²) in [5, 5.41) is 0.957. The summed E-state index contributed by atoms with van der Waals surface area (Å²) >= 11 is 3.31. The van der Waals surface area contributed by atoms with Gasteiger partial charge in [0.1, 0.15) is 5.60 Å². The predicted molar refractivity (Wildman–Crippen MR) is 44.3 cm³/mol. The molecule has 0 amide bonds. The number of carbonyl (C=O) groups is 1. The van der Waals surface area contributed by atoms with E-state index in [0.717, 1.165) is 18.2 Å². The van der Waals surface area contributed by atoms with Gasteiger partial charge in [0, 0.05) is 5.33 Å². The second-order valence-corrected chi connectivity index (χ2v) is 3.56. The quantitative estimate of drug-likeness (QED) is 0.512. The second-order valence-electron chi connectivity index (χ2n) is 2.77. The third-order valence-corrected chi connectivity index (χ3v) is 1.84. The van der Waals surface area contributed by atoms with Crippen molar-refractivity contribution in [1.29, 1.82) is 0 Å². The molecule has 0 aromatic heterocycles. The van der Waals surface area contributed by atoms with Crippen LogP contribution in [0.25, 0.3) is 0 Å². The number of halogens is 1. The molecule has 10 heavy (non-hydrogen) atoms. The summed E-state index contributed by atoms with van der Waals surface area (Å²) in [6, 6.07) is 0. The standard InChI is InChI=1S/C7H13BrO2/c1-7(2,10-6-9)4-3-5-8/h6H,3-5H2,1-2H3. The highest BCUT2D eigenvalue weighted by atomic mass is 79.9. The van der Waals surface area contributed by atoms with Gasteiger partial charge in [0.05, 0.1) is 0 Å². The van der Waals surface area contributed by atoms with Crippen LogP contribution in [0, 0.1) is 0 Å². The number of hydrogen-bond donors (Lipinski definition) is 0. The summed E-state index contributed by atoms with van der Waals surface area (Å²) in [5.74, 6) is 0. The minimum atomic E-state index is -0.296. The van der Waals surface area contributed by atoms with E-state index in [1.165, 1.54) is 0 Å². The van der Waals surface area contributed by atoms with E-state index in [1.807, 2.05) is 13.8 Å². The molecule has 0 aliphatic heterocycles. The van der Waals surface area contributed by atoms with Gasteiger partial charge < -0.3 is 4.74 Å². The number of rotatable bonds is 5. The first-order chi connectivity index (χ1) is 4.62. The van der Waals surface area contributed by atoms with Gasteiger partial charge in [-0.3, -0.25) is 4.79 Å². The Morgan fingerprint density at radius 1 is 1.60 bits per heavy atom. The largest absolute Gasteiger partial charge is 0.462 e. The first-order valence-electron chi connectivity index (χ1n) is 3.30. The normalized spacial score (nSPS) is 11.1. The van der Waals surface area contributed by atoms with E-state index in [-0.39, 0.29) is 5.60 Å². The molecule has 0 heterocycles. The van der Waals surface area contributed by atoms with Gasteiger partial charge in [-0.05, 0) is 26.7 Å². The highest BCUT2D eigenvalue weighted by Gasteiger charge is 2.16. The number of hydrogen-bond acceptors (Lipinski definition) is 2. The molecule has 0 spiro atoms. The molecule has 0 aromatic rings. The molecule has 0 fully saturated rings. The summed E-state index contributed by atoms with van der Waals surface area (Å²) in [6.45, 7) is 4.32. The molecule has 0 radical (unpaired) electrons. The van der Waals surface area contributed by atoms with Gasteiger partial charge in [0.15, 0.2) is 0 Å². The molecule has 0 aromatic carbocycles. The summed E-state index contributed by atoms with van der Waals surface area (Å²) in [4.78, 5) is 9.95. The van der Waals surface area contributed by atoms with E-state index in [1.54, 1.807) is 0 Å². The van der Waals surface area contributed by atoms with Crippen molar-refractivity contribution in [3.05, 3.63) is 0 Å². The Hall–Kier alpha value is -0.0500. The van der Waals surface area contributed by atoms with Crippen molar-refractivity contribution < 1.29 is 9.53 Å². The first-order valence-corrected chi connectivity index (χ1v) is 4.42. The molecule has 0 saturated carbocycles. The van der Waals surface area contributed by atoms with Gasteiger partial charge in [0.2, 0.25) is 0 Å². The van der Waals surface area contributed by atoms with Crippen LogP contribution in [-0.2, 0) is 9.53 Å². The molecule has 0 aliphatic carbocycles. The molecule has 0 aliphatic rings. The average molecular weight is 209 g/mol. The zero-order valence-corrected chi connectivity index (χ0v) is 7.98. The molecule has 0 rings (SSSR count). The molecule has 60 valence electrons. The van der Waals surface area contributed by atoms with Crippen molar-refractivity contribution in [3.8, 4) is 0 Å². The third-order valence-electron chi connectivity index (χ3n) is 1.28. The van der Waals surface area contributed by atoms with Crippen molar-refractivity contribution in [3.63, 3.8) is 0 Å².